The Labute approximate surface area is 415 Å². The smallest absolute Gasteiger partial charge is 0.140 e. The Morgan fingerprint density at radius 3 is 1.13 bits per heavy atom. The molecule has 336 valence electrons. The molecule has 3 aromatic heterocycles. The van der Waals surface area contributed by atoms with E-state index in [0.717, 1.165) is 56.3 Å². The van der Waals surface area contributed by atoms with Crippen molar-refractivity contribution in [1.82, 2.24) is 14.1 Å². The van der Waals surface area contributed by atoms with Gasteiger partial charge in [-0.2, -0.15) is 0 Å². The van der Waals surface area contributed by atoms with Gasteiger partial charge < -0.3 is 4.74 Å². The molecule has 0 aliphatic heterocycles. The highest BCUT2D eigenvalue weighted by atomic mass is 31.1. The van der Waals surface area contributed by atoms with E-state index in [-0.39, 0.29) is 0 Å². The molecule has 0 N–H and O–H groups in total. The van der Waals surface area contributed by atoms with Gasteiger partial charge in [0.2, 0.25) is 0 Å². The van der Waals surface area contributed by atoms with Gasteiger partial charge >= 0.3 is 0 Å². The van der Waals surface area contributed by atoms with Gasteiger partial charge in [-0.3, -0.25) is 9.13 Å². The monoisotopic (exact) mass is 945 g/mol. The summed E-state index contributed by atoms with van der Waals surface area (Å²) < 4.78 is 11.8. The van der Waals surface area contributed by atoms with Crippen LogP contribution in [0.2, 0.25) is 0 Å². The third-order valence-electron chi connectivity index (χ3n) is 13.4. The minimum atomic E-state index is -1.000. The molecule has 71 heavy (non-hydrogen) atoms. The van der Waals surface area contributed by atoms with Crippen LogP contribution in [0.1, 0.15) is 0 Å². The van der Waals surface area contributed by atoms with E-state index in [2.05, 4.69) is 282 Å². The average molecular weight is 946 g/mol. The molecule has 6 heteroatoms. The molecule has 0 saturated heterocycles. The topological polar surface area (TPSA) is 32.0 Å². The fourth-order valence-electron chi connectivity index (χ4n) is 10.2. The molecule has 4 nitrogen and oxygen atoms in total. The normalized spacial score (nSPS) is 12.0. The number of pyridine rings is 1. The summed E-state index contributed by atoms with van der Waals surface area (Å²) in [6, 6.07) is 98.1. The van der Waals surface area contributed by atoms with Gasteiger partial charge in [0.05, 0.1) is 22.1 Å². The number of rotatable bonds is 11. The minimum absolute atomic E-state index is 0.868. The number of para-hydroxylation sites is 5. The highest BCUT2D eigenvalue weighted by Crippen LogP contribution is 2.42. The van der Waals surface area contributed by atoms with E-state index < -0.39 is 15.8 Å². The van der Waals surface area contributed by atoms with E-state index >= 15 is 0 Å². The van der Waals surface area contributed by atoms with Crippen molar-refractivity contribution in [3.8, 4) is 34.3 Å². The number of fused-ring (bicyclic) bond motifs is 6. The lowest BCUT2D eigenvalue weighted by atomic mass is 10.0. The molecule has 0 radical (unpaired) electrons. The Kier molecular flexibility index (Phi) is 11.1. The van der Waals surface area contributed by atoms with Gasteiger partial charge in [-0.25, -0.2) is 4.98 Å². The molecular formula is C65H45N3OP2. The maximum absolute atomic E-state index is 7.18. The minimum Gasteiger partial charge on any atom is -0.456 e. The fraction of sp³-hybridized carbons (Fsp3) is 0. The second-order valence-electron chi connectivity index (χ2n) is 17.6. The summed E-state index contributed by atoms with van der Waals surface area (Å²) in [6.07, 6.45) is 0. The van der Waals surface area contributed by atoms with Crippen LogP contribution in [-0.2, 0) is 0 Å². The first-order valence-corrected chi connectivity index (χ1v) is 26.6. The van der Waals surface area contributed by atoms with Crippen LogP contribution < -0.4 is 36.6 Å². The largest absolute Gasteiger partial charge is 0.456 e. The van der Waals surface area contributed by atoms with E-state index in [4.69, 9.17) is 9.72 Å². The van der Waals surface area contributed by atoms with Crippen molar-refractivity contribution in [2.45, 2.75) is 0 Å². The summed E-state index contributed by atoms with van der Waals surface area (Å²) in [5, 5.41) is 12.3. The first kappa shape index (κ1) is 42.7. The van der Waals surface area contributed by atoms with Crippen LogP contribution in [0.4, 0.5) is 0 Å². The molecule has 1 atom stereocenters. The molecule has 13 rings (SSSR count). The molecule has 0 bridgehead atoms. The Hall–Kier alpha value is -8.39. The fourth-order valence-corrected chi connectivity index (χ4v) is 14.9. The summed E-state index contributed by atoms with van der Waals surface area (Å²) in [5.41, 5.74) is 6.85. The van der Waals surface area contributed by atoms with E-state index in [9.17, 15) is 0 Å². The zero-order valence-corrected chi connectivity index (χ0v) is 40.4. The van der Waals surface area contributed by atoms with Crippen molar-refractivity contribution >= 4 is 91.3 Å². The van der Waals surface area contributed by atoms with Gasteiger partial charge in [0, 0.05) is 32.2 Å². The lowest BCUT2D eigenvalue weighted by molar-refractivity contribution is 0.491. The van der Waals surface area contributed by atoms with Crippen LogP contribution in [0.3, 0.4) is 0 Å². The molecule has 0 aliphatic carbocycles. The molecule has 1 unspecified atom stereocenters. The van der Waals surface area contributed by atoms with Crippen LogP contribution in [0, 0.1) is 0 Å². The van der Waals surface area contributed by atoms with Gasteiger partial charge in [0.1, 0.15) is 23.1 Å². The standard InChI is InChI=1S/C65H45N3OP2/c1-4-21-48(22-5-1)70(49-23-6-2-7-24-49)62-35-18-16-33-60(62)69-61-34-17-19-36-63(61)71(50-25-8-3-9-26-50)51-42-39-46(40-43-51)47-41-44-59-55(45-47)54-29-12-15-32-58(54)68(59)65-38-20-37-64(66-65)67-56-30-13-10-27-52(56)53-28-11-14-31-57(53)67/h1-45H. The first-order valence-electron chi connectivity index (χ1n) is 24.0. The lowest BCUT2D eigenvalue weighted by Gasteiger charge is -2.25. The number of hydrogen-bond acceptors (Lipinski definition) is 2. The zero-order chi connectivity index (χ0) is 47.1. The third-order valence-corrected chi connectivity index (χ3v) is 18.3. The predicted octanol–water partition coefficient (Wildman–Crippen LogP) is 14.3. The number of ether oxygens (including phenoxy) is 1. The first-order chi connectivity index (χ1) is 35.2. The molecule has 0 fully saturated rings. The maximum atomic E-state index is 7.18. The summed E-state index contributed by atoms with van der Waals surface area (Å²) in [6.45, 7) is 0. The second-order valence-corrected chi connectivity index (χ2v) is 21.9. The van der Waals surface area contributed by atoms with Gasteiger partial charge in [-0.1, -0.05) is 218 Å². The summed E-state index contributed by atoms with van der Waals surface area (Å²) >= 11 is 0. The molecule has 3 heterocycles. The third kappa shape index (κ3) is 7.79. The zero-order valence-electron chi connectivity index (χ0n) is 38.6. The molecule has 10 aromatic carbocycles. The Bertz CT molecular complexity index is 3940. The van der Waals surface area contributed by atoms with E-state index in [1.165, 1.54) is 53.4 Å². The van der Waals surface area contributed by atoms with Gasteiger partial charge in [-0.05, 0) is 103 Å². The van der Waals surface area contributed by atoms with Gasteiger partial charge in [0.25, 0.3) is 0 Å². The second kappa shape index (κ2) is 18.5. The molecule has 0 amide bonds. The quantitative estimate of drug-likeness (QED) is 0.121. The number of nitrogens with zero attached hydrogens (tertiary/aromatic N) is 3. The lowest BCUT2D eigenvalue weighted by Crippen LogP contribution is -2.24. The molecule has 0 saturated carbocycles. The number of hydrogen-bond donors (Lipinski definition) is 0. The number of benzene rings is 10. The maximum Gasteiger partial charge on any atom is 0.140 e. The van der Waals surface area contributed by atoms with Crippen molar-refractivity contribution in [2.75, 3.05) is 0 Å². The predicted molar refractivity (Wildman–Crippen MR) is 302 cm³/mol. The van der Waals surface area contributed by atoms with Crippen molar-refractivity contribution in [3.05, 3.63) is 273 Å². The van der Waals surface area contributed by atoms with Gasteiger partial charge in [0.15, 0.2) is 0 Å². The van der Waals surface area contributed by atoms with Crippen LogP contribution in [-0.4, -0.2) is 14.1 Å². The average Bonchev–Trinajstić information content (AvgIpc) is 3.96. The van der Waals surface area contributed by atoms with Crippen LogP contribution in [0.25, 0.3) is 66.4 Å². The molecule has 0 spiro atoms. The highest BCUT2D eigenvalue weighted by Gasteiger charge is 2.25. The SMILES string of the molecule is c1ccc(P(c2ccccc2)c2ccccc2Oc2ccccc2P(c2ccccc2)c2ccc(-c3ccc4c(c3)c3ccccc3n4-c3cccc(-n4c5ccccc5c5ccccc54)n3)cc2)cc1. The summed E-state index contributed by atoms with van der Waals surface area (Å²) in [5.74, 6) is 3.51. The molecular weight excluding hydrogens is 901 g/mol. The summed E-state index contributed by atoms with van der Waals surface area (Å²) in [4.78, 5) is 5.40. The molecule has 0 aliphatic rings. The number of aromatic nitrogens is 3. The van der Waals surface area contributed by atoms with Crippen molar-refractivity contribution in [3.63, 3.8) is 0 Å². The van der Waals surface area contributed by atoms with E-state index in [1.54, 1.807) is 0 Å². The van der Waals surface area contributed by atoms with Crippen LogP contribution >= 0.6 is 15.8 Å². The van der Waals surface area contributed by atoms with Gasteiger partial charge in [-0.15, -0.1) is 0 Å². The van der Waals surface area contributed by atoms with Crippen LogP contribution in [0.15, 0.2) is 273 Å². The Morgan fingerprint density at radius 1 is 0.282 bits per heavy atom. The van der Waals surface area contributed by atoms with Crippen molar-refractivity contribution < 1.29 is 4.74 Å². The highest BCUT2D eigenvalue weighted by molar-refractivity contribution is 7.80. The Morgan fingerprint density at radius 2 is 0.648 bits per heavy atom. The Balaban J connectivity index is 0.866. The van der Waals surface area contributed by atoms with Crippen molar-refractivity contribution in [2.24, 2.45) is 0 Å². The van der Waals surface area contributed by atoms with E-state index in [1.807, 2.05) is 0 Å². The molecule has 13 aromatic rings. The summed E-state index contributed by atoms with van der Waals surface area (Å²) in [7, 11) is -1.88. The van der Waals surface area contributed by atoms with Crippen molar-refractivity contribution in [1.29, 1.82) is 0 Å². The van der Waals surface area contributed by atoms with Crippen LogP contribution in [0.5, 0.6) is 11.5 Å². The van der Waals surface area contributed by atoms with E-state index in [0.29, 0.717) is 0 Å².